The highest BCUT2D eigenvalue weighted by atomic mass is 16.5. The number of furan rings is 1. The lowest BCUT2D eigenvalue weighted by molar-refractivity contribution is -0.151. The summed E-state index contributed by atoms with van der Waals surface area (Å²) in [7, 11) is 0. The first kappa shape index (κ1) is 12.9. The van der Waals surface area contributed by atoms with Gasteiger partial charge in [-0.3, -0.25) is 4.79 Å². The van der Waals surface area contributed by atoms with Crippen LogP contribution in [0, 0.1) is 5.41 Å². The van der Waals surface area contributed by atoms with E-state index in [9.17, 15) is 9.90 Å². The van der Waals surface area contributed by atoms with Crippen LogP contribution in [0.25, 0.3) is 11.4 Å². The Hall–Kier alpha value is -2.11. The molecule has 0 saturated heterocycles. The lowest BCUT2D eigenvalue weighted by Crippen LogP contribution is -2.35. The summed E-state index contributed by atoms with van der Waals surface area (Å²) >= 11 is 0. The van der Waals surface area contributed by atoms with Gasteiger partial charge in [0.1, 0.15) is 6.26 Å². The van der Waals surface area contributed by atoms with E-state index in [0.717, 1.165) is 24.8 Å². The van der Waals surface area contributed by atoms with Gasteiger partial charge in [-0.25, -0.2) is 0 Å². The number of rotatable bonds is 4. The largest absolute Gasteiger partial charge is 0.481 e. The van der Waals surface area contributed by atoms with Gasteiger partial charge in [-0.2, -0.15) is 4.98 Å². The standard InChI is InChI=1S/C14H16N2O4/c17-13(18)14(5-2-1-3-6-14)8-11-15-12(16-20-11)10-4-7-19-9-10/h4,7,9H,1-3,5-6,8H2,(H,17,18). The van der Waals surface area contributed by atoms with Crippen molar-refractivity contribution in [3.8, 4) is 11.4 Å². The number of carbonyl (C=O) groups is 1. The molecule has 2 heterocycles. The van der Waals surface area contributed by atoms with Crippen LogP contribution in [0.3, 0.4) is 0 Å². The quantitative estimate of drug-likeness (QED) is 0.923. The Morgan fingerprint density at radius 2 is 2.15 bits per heavy atom. The number of carboxylic acids is 1. The zero-order valence-electron chi connectivity index (χ0n) is 11.0. The molecular weight excluding hydrogens is 260 g/mol. The molecule has 0 atom stereocenters. The molecule has 3 rings (SSSR count). The molecule has 6 nitrogen and oxygen atoms in total. The van der Waals surface area contributed by atoms with Crippen molar-refractivity contribution in [1.29, 1.82) is 0 Å². The van der Waals surface area contributed by atoms with Gasteiger partial charge >= 0.3 is 5.97 Å². The van der Waals surface area contributed by atoms with Crippen molar-refractivity contribution in [2.45, 2.75) is 38.5 Å². The van der Waals surface area contributed by atoms with Crippen LogP contribution in [0.4, 0.5) is 0 Å². The van der Waals surface area contributed by atoms with Gasteiger partial charge in [0.2, 0.25) is 11.7 Å². The SMILES string of the molecule is O=C(O)C1(Cc2nc(-c3ccoc3)no2)CCCCC1. The monoisotopic (exact) mass is 276 g/mol. The van der Waals surface area contributed by atoms with Gasteiger partial charge in [0.15, 0.2) is 0 Å². The zero-order valence-corrected chi connectivity index (χ0v) is 11.0. The van der Waals surface area contributed by atoms with Crippen molar-refractivity contribution in [3.63, 3.8) is 0 Å². The van der Waals surface area contributed by atoms with Crippen molar-refractivity contribution in [2.75, 3.05) is 0 Å². The molecule has 0 amide bonds. The Bertz CT molecular complexity index is 582. The van der Waals surface area contributed by atoms with Crippen LogP contribution >= 0.6 is 0 Å². The summed E-state index contributed by atoms with van der Waals surface area (Å²) < 4.78 is 10.2. The fourth-order valence-electron chi connectivity index (χ4n) is 2.82. The third-order valence-electron chi connectivity index (χ3n) is 4.00. The Labute approximate surface area is 115 Å². The highest BCUT2D eigenvalue weighted by Crippen LogP contribution is 2.39. The second-order valence-corrected chi connectivity index (χ2v) is 5.35. The third kappa shape index (κ3) is 2.33. The zero-order chi connectivity index (χ0) is 14.0. The lowest BCUT2D eigenvalue weighted by atomic mass is 9.72. The summed E-state index contributed by atoms with van der Waals surface area (Å²) in [5.74, 6) is 0.0517. The predicted octanol–water partition coefficient (Wildman–Crippen LogP) is 2.91. The molecule has 0 radical (unpaired) electrons. The molecule has 1 saturated carbocycles. The van der Waals surface area contributed by atoms with E-state index in [4.69, 9.17) is 8.94 Å². The highest BCUT2D eigenvalue weighted by Gasteiger charge is 2.41. The summed E-state index contributed by atoms with van der Waals surface area (Å²) in [5.41, 5.74) is -0.0219. The molecule has 1 fully saturated rings. The second kappa shape index (κ2) is 5.11. The fraction of sp³-hybridized carbons (Fsp3) is 0.500. The van der Waals surface area contributed by atoms with E-state index in [0.29, 0.717) is 31.0 Å². The average molecular weight is 276 g/mol. The Balaban J connectivity index is 1.81. The molecule has 6 heteroatoms. The third-order valence-corrected chi connectivity index (χ3v) is 4.00. The van der Waals surface area contributed by atoms with Gasteiger partial charge in [-0.1, -0.05) is 24.4 Å². The van der Waals surface area contributed by atoms with Gasteiger partial charge in [0, 0.05) is 6.42 Å². The smallest absolute Gasteiger partial charge is 0.310 e. The van der Waals surface area contributed by atoms with Gasteiger partial charge < -0.3 is 14.0 Å². The molecular formula is C14H16N2O4. The molecule has 1 N–H and O–H groups in total. The molecule has 0 unspecified atom stereocenters. The van der Waals surface area contributed by atoms with E-state index < -0.39 is 11.4 Å². The fourth-order valence-corrected chi connectivity index (χ4v) is 2.82. The van der Waals surface area contributed by atoms with Crippen molar-refractivity contribution in [1.82, 2.24) is 10.1 Å². The van der Waals surface area contributed by atoms with Gasteiger partial charge in [-0.05, 0) is 18.9 Å². The molecule has 0 spiro atoms. The molecule has 1 aliphatic carbocycles. The summed E-state index contributed by atoms with van der Waals surface area (Å²) in [6.45, 7) is 0. The van der Waals surface area contributed by atoms with Crippen LogP contribution in [0.1, 0.15) is 38.0 Å². The minimum Gasteiger partial charge on any atom is -0.481 e. The topological polar surface area (TPSA) is 89.4 Å². The van der Waals surface area contributed by atoms with Crippen molar-refractivity contribution >= 4 is 5.97 Å². The van der Waals surface area contributed by atoms with Crippen molar-refractivity contribution in [3.05, 3.63) is 24.5 Å². The Morgan fingerprint density at radius 3 is 2.80 bits per heavy atom. The van der Waals surface area contributed by atoms with E-state index in [1.165, 1.54) is 12.5 Å². The summed E-state index contributed by atoms with van der Waals surface area (Å²) in [6, 6.07) is 1.74. The van der Waals surface area contributed by atoms with E-state index in [-0.39, 0.29) is 0 Å². The van der Waals surface area contributed by atoms with Crippen LogP contribution in [0.5, 0.6) is 0 Å². The molecule has 20 heavy (non-hydrogen) atoms. The second-order valence-electron chi connectivity index (χ2n) is 5.35. The molecule has 0 aromatic carbocycles. The maximum atomic E-state index is 11.6. The normalized spacial score (nSPS) is 18.0. The molecule has 106 valence electrons. The Kier molecular flexibility index (Phi) is 3.30. The maximum Gasteiger partial charge on any atom is 0.310 e. The number of aliphatic carboxylic acids is 1. The van der Waals surface area contributed by atoms with Crippen LogP contribution in [0.2, 0.25) is 0 Å². The lowest BCUT2D eigenvalue weighted by Gasteiger charge is -2.31. The molecule has 2 aromatic rings. The van der Waals surface area contributed by atoms with Crippen LogP contribution < -0.4 is 0 Å². The summed E-state index contributed by atoms with van der Waals surface area (Å²) in [4.78, 5) is 15.9. The van der Waals surface area contributed by atoms with Crippen LogP contribution in [-0.2, 0) is 11.2 Å². The van der Waals surface area contributed by atoms with E-state index in [1.807, 2.05) is 0 Å². The van der Waals surface area contributed by atoms with E-state index in [2.05, 4.69) is 10.1 Å². The molecule has 0 bridgehead atoms. The van der Waals surface area contributed by atoms with Crippen LogP contribution in [0.15, 0.2) is 27.5 Å². The minimum atomic E-state index is -0.764. The van der Waals surface area contributed by atoms with Gasteiger partial charge in [0.05, 0.1) is 17.2 Å². The number of aromatic nitrogens is 2. The first-order valence-electron chi connectivity index (χ1n) is 6.78. The van der Waals surface area contributed by atoms with Crippen molar-refractivity contribution < 1.29 is 18.8 Å². The maximum absolute atomic E-state index is 11.6. The molecule has 2 aromatic heterocycles. The first-order chi connectivity index (χ1) is 9.70. The summed E-state index contributed by atoms with van der Waals surface area (Å²) in [6.07, 6.45) is 7.68. The number of nitrogens with zero attached hydrogens (tertiary/aromatic N) is 2. The predicted molar refractivity (Wildman–Crippen MR) is 68.9 cm³/mol. The van der Waals surface area contributed by atoms with Crippen molar-refractivity contribution in [2.24, 2.45) is 5.41 Å². The number of hydrogen-bond acceptors (Lipinski definition) is 5. The number of carboxylic acid groups (broad SMARTS) is 1. The highest BCUT2D eigenvalue weighted by molar-refractivity contribution is 5.75. The van der Waals surface area contributed by atoms with Gasteiger partial charge in [0.25, 0.3) is 0 Å². The molecule has 0 aliphatic heterocycles. The first-order valence-corrected chi connectivity index (χ1v) is 6.78. The Morgan fingerprint density at radius 1 is 1.35 bits per heavy atom. The van der Waals surface area contributed by atoms with Gasteiger partial charge in [-0.15, -0.1) is 0 Å². The van der Waals surface area contributed by atoms with E-state index in [1.54, 1.807) is 6.07 Å². The number of hydrogen-bond donors (Lipinski definition) is 1. The molecule has 1 aliphatic rings. The minimum absolute atomic E-state index is 0.299. The summed E-state index contributed by atoms with van der Waals surface area (Å²) in [5, 5.41) is 13.4. The van der Waals surface area contributed by atoms with E-state index >= 15 is 0 Å². The van der Waals surface area contributed by atoms with Crippen LogP contribution in [-0.4, -0.2) is 21.2 Å². The average Bonchev–Trinajstić information content (AvgIpc) is 3.10.